The number of alkyl halides is 1. The van der Waals surface area contributed by atoms with E-state index in [9.17, 15) is 0 Å². The Morgan fingerprint density at radius 3 is 1.88 bits per heavy atom. The van der Waals surface area contributed by atoms with Crippen molar-refractivity contribution < 1.29 is 0 Å². The van der Waals surface area contributed by atoms with E-state index in [1.807, 2.05) is 0 Å². The van der Waals surface area contributed by atoms with Gasteiger partial charge in [-0.1, -0.05) is 74.0 Å². The van der Waals surface area contributed by atoms with Crippen molar-refractivity contribution in [2.45, 2.75) is 81.0 Å². The zero-order valence-electron chi connectivity index (χ0n) is 10.6. The predicted molar refractivity (Wildman–Crippen MR) is 80.2 cm³/mol. The second-order valence-electron chi connectivity index (χ2n) is 6.05. The van der Waals surface area contributed by atoms with Crippen molar-refractivity contribution in [3.05, 3.63) is 0 Å². The first-order valence-electron chi connectivity index (χ1n) is 7.48. The fourth-order valence-corrected chi connectivity index (χ4v) is 4.30. The molecule has 0 nitrogen and oxygen atoms in total. The Balaban J connectivity index is 1.53. The van der Waals surface area contributed by atoms with Crippen LogP contribution in [-0.4, -0.2) is 3.92 Å². The molecule has 0 bridgehead atoms. The Bertz CT molecular complexity index is 176. The maximum absolute atomic E-state index is 2.64. The van der Waals surface area contributed by atoms with Crippen LogP contribution in [0.5, 0.6) is 0 Å². The van der Waals surface area contributed by atoms with E-state index in [2.05, 4.69) is 22.6 Å². The first kappa shape index (κ1) is 13.2. The third-order valence-electron chi connectivity index (χ3n) is 4.73. The van der Waals surface area contributed by atoms with Gasteiger partial charge in [0.1, 0.15) is 0 Å². The van der Waals surface area contributed by atoms with Crippen LogP contribution in [0, 0.1) is 11.8 Å². The van der Waals surface area contributed by atoms with Crippen LogP contribution in [0.2, 0.25) is 0 Å². The van der Waals surface area contributed by atoms with Crippen LogP contribution in [0.25, 0.3) is 0 Å². The third kappa shape index (κ3) is 4.54. The summed E-state index contributed by atoms with van der Waals surface area (Å²) in [6.45, 7) is 0. The van der Waals surface area contributed by atoms with Crippen molar-refractivity contribution >= 4 is 22.6 Å². The van der Waals surface area contributed by atoms with E-state index >= 15 is 0 Å². The standard InChI is InChI=1S/C15H27I/c16-15-11-9-14(10-12-15)8-4-7-13-5-2-1-3-6-13/h13-15H,1-12H2. The maximum Gasteiger partial charge on any atom is 0.0110 e. The summed E-state index contributed by atoms with van der Waals surface area (Å²) in [5.41, 5.74) is 0. The van der Waals surface area contributed by atoms with Gasteiger partial charge in [-0.15, -0.1) is 0 Å². The zero-order valence-corrected chi connectivity index (χ0v) is 12.8. The highest BCUT2D eigenvalue weighted by Crippen LogP contribution is 2.33. The topological polar surface area (TPSA) is 0 Å². The average Bonchev–Trinajstić information content (AvgIpc) is 2.33. The van der Waals surface area contributed by atoms with E-state index in [0.717, 1.165) is 15.8 Å². The first-order valence-corrected chi connectivity index (χ1v) is 8.73. The molecule has 2 aliphatic rings. The Labute approximate surface area is 115 Å². The molecule has 94 valence electrons. The highest BCUT2D eigenvalue weighted by molar-refractivity contribution is 14.1. The molecule has 2 aliphatic carbocycles. The first-order chi connectivity index (χ1) is 7.84. The number of hydrogen-bond acceptors (Lipinski definition) is 0. The van der Waals surface area contributed by atoms with Crippen molar-refractivity contribution in [3.63, 3.8) is 0 Å². The van der Waals surface area contributed by atoms with Crippen LogP contribution in [0.4, 0.5) is 0 Å². The summed E-state index contributed by atoms with van der Waals surface area (Å²) in [6.07, 6.45) is 18.3. The van der Waals surface area contributed by atoms with Gasteiger partial charge in [-0.3, -0.25) is 0 Å². The molecule has 0 unspecified atom stereocenters. The van der Waals surface area contributed by atoms with Crippen molar-refractivity contribution in [2.75, 3.05) is 0 Å². The number of rotatable bonds is 4. The van der Waals surface area contributed by atoms with E-state index in [0.29, 0.717) is 0 Å². The fourth-order valence-electron chi connectivity index (χ4n) is 3.58. The highest BCUT2D eigenvalue weighted by atomic mass is 127. The lowest BCUT2D eigenvalue weighted by atomic mass is 9.82. The van der Waals surface area contributed by atoms with Gasteiger partial charge in [-0.05, 0) is 37.5 Å². The van der Waals surface area contributed by atoms with Crippen LogP contribution in [0.1, 0.15) is 77.0 Å². The molecule has 0 amide bonds. The largest absolute Gasteiger partial charge is 0.0826 e. The molecule has 2 fully saturated rings. The lowest BCUT2D eigenvalue weighted by Gasteiger charge is -2.26. The van der Waals surface area contributed by atoms with Crippen LogP contribution in [0.3, 0.4) is 0 Å². The van der Waals surface area contributed by atoms with Crippen molar-refractivity contribution in [3.8, 4) is 0 Å². The molecule has 0 aromatic rings. The van der Waals surface area contributed by atoms with Gasteiger partial charge in [0, 0.05) is 3.92 Å². The van der Waals surface area contributed by atoms with Gasteiger partial charge in [0.25, 0.3) is 0 Å². The Hall–Kier alpha value is 0.730. The normalized spacial score (nSPS) is 32.8. The molecule has 0 aromatic heterocycles. The van der Waals surface area contributed by atoms with Crippen molar-refractivity contribution in [1.29, 1.82) is 0 Å². The fraction of sp³-hybridized carbons (Fsp3) is 1.00. The highest BCUT2D eigenvalue weighted by Gasteiger charge is 2.19. The van der Waals surface area contributed by atoms with Gasteiger partial charge >= 0.3 is 0 Å². The minimum Gasteiger partial charge on any atom is -0.0826 e. The molecule has 0 spiro atoms. The van der Waals surface area contributed by atoms with Gasteiger partial charge in [0.15, 0.2) is 0 Å². The van der Waals surface area contributed by atoms with Crippen LogP contribution in [-0.2, 0) is 0 Å². The quantitative estimate of drug-likeness (QED) is 0.455. The smallest absolute Gasteiger partial charge is 0.0110 e. The van der Waals surface area contributed by atoms with Gasteiger partial charge in [-0.25, -0.2) is 0 Å². The lowest BCUT2D eigenvalue weighted by Crippen LogP contribution is -2.14. The third-order valence-corrected chi connectivity index (χ3v) is 5.97. The predicted octanol–water partition coefficient (Wildman–Crippen LogP) is 5.73. The van der Waals surface area contributed by atoms with E-state index in [4.69, 9.17) is 0 Å². The van der Waals surface area contributed by atoms with Crippen LogP contribution >= 0.6 is 22.6 Å². The van der Waals surface area contributed by atoms with Crippen molar-refractivity contribution in [2.24, 2.45) is 11.8 Å². The summed E-state index contributed by atoms with van der Waals surface area (Å²) in [4.78, 5) is 0. The molecule has 0 atom stereocenters. The summed E-state index contributed by atoms with van der Waals surface area (Å²) in [5, 5.41) is 0. The minimum absolute atomic E-state index is 0.993. The second kappa shape index (κ2) is 7.23. The summed E-state index contributed by atoms with van der Waals surface area (Å²) < 4.78 is 0.993. The van der Waals surface area contributed by atoms with Crippen LogP contribution < -0.4 is 0 Å². The number of halogens is 1. The molecule has 0 aliphatic heterocycles. The Morgan fingerprint density at radius 1 is 0.688 bits per heavy atom. The molecule has 0 aromatic carbocycles. The summed E-state index contributed by atoms with van der Waals surface area (Å²) in [5.74, 6) is 2.20. The van der Waals surface area contributed by atoms with Crippen LogP contribution in [0.15, 0.2) is 0 Å². The molecule has 0 saturated heterocycles. The van der Waals surface area contributed by atoms with Gasteiger partial charge < -0.3 is 0 Å². The summed E-state index contributed by atoms with van der Waals surface area (Å²) in [7, 11) is 0. The molecule has 1 heteroatoms. The molecular formula is C15H27I. The maximum atomic E-state index is 2.64. The Kier molecular flexibility index (Phi) is 5.95. The minimum atomic E-state index is 0.993. The lowest BCUT2D eigenvalue weighted by molar-refractivity contribution is 0.295. The summed E-state index contributed by atoms with van der Waals surface area (Å²) in [6, 6.07) is 0. The zero-order chi connectivity index (χ0) is 11.2. The summed E-state index contributed by atoms with van der Waals surface area (Å²) >= 11 is 2.64. The van der Waals surface area contributed by atoms with E-state index in [-0.39, 0.29) is 0 Å². The monoisotopic (exact) mass is 334 g/mol. The van der Waals surface area contributed by atoms with Gasteiger partial charge in [0.05, 0.1) is 0 Å². The average molecular weight is 334 g/mol. The molecule has 2 saturated carbocycles. The van der Waals surface area contributed by atoms with E-state index in [1.165, 1.54) is 51.4 Å². The molecule has 16 heavy (non-hydrogen) atoms. The number of hydrogen-bond donors (Lipinski definition) is 0. The molecule has 0 radical (unpaired) electrons. The van der Waals surface area contributed by atoms with Gasteiger partial charge in [0.2, 0.25) is 0 Å². The second-order valence-corrected chi connectivity index (χ2v) is 7.81. The molecular weight excluding hydrogens is 307 g/mol. The Morgan fingerprint density at radius 2 is 1.25 bits per heavy atom. The molecule has 0 heterocycles. The molecule has 0 N–H and O–H groups in total. The molecule has 2 rings (SSSR count). The van der Waals surface area contributed by atoms with E-state index < -0.39 is 0 Å². The van der Waals surface area contributed by atoms with Gasteiger partial charge in [-0.2, -0.15) is 0 Å². The van der Waals surface area contributed by atoms with Crippen molar-refractivity contribution in [1.82, 2.24) is 0 Å². The van der Waals surface area contributed by atoms with E-state index in [1.54, 1.807) is 25.7 Å². The SMILES string of the molecule is IC1CCC(CCCC2CCCCC2)CC1.